The van der Waals surface area contributed by atoms with Gasteiger partial charge in [-0.2, -0.15) is 13.2 Å². The van der Waals surface area contributed by atoms with Gasteiger partial charge in [0.2, 0.25) is 5.91 Å². The van der Waals surface area contributed by atoms with Crippen LogP contribution in [-0.4, -0.2) is 98.6 Å². The summed E-state index contributed by atoms with van der Waals surface area (Å²) in [5, 5.41) is 9.99. The molecule has 0 unspecified atom stereocenters. The summed E-state index contributed by atoms with van der Waals surface area (Å²) < 4.78 is 50.3. The highest BCUT2D eigenvalue weighted by Gasteiger charge is 2.32. The zero-order valence-electron chi connectivity index (χ0n) is 24.0. The maximum absolute atomic E-state index is 14.0. The minimum atomic E-state index is -4.41. The van der Waals surface area contributed by atoms with Crippen LogP contribution in [0.4, 0.5) is 18.9 Å². The molecular weight excluding hydrogens is 515 g/mol. The van der Waals surface area contributed by atoms with E-state index >= 15 is 0 Å². The number of anilines is 1. The zero-order chi connectivity index (χ0) is 29.3. The second kappa shape index (κ2) is 14.7. The van der Waals surface area contributed by atoms with Gasteiger partial charge in [0.05, 0.1) is 36.8 Å². The van der Waals surface area contributed by atoms with E-state index in [2.05, 4.69) is 0 Å². The smallest absolute Gasteiger partial charge is 0.389 e. The maximum atomic E-state index is 14.0. The number of carbonyl (C=O) groups excluding carboxylic acids is 2. The first-order valence-electron chi connectivity index (χ1n) is 13.6. The molecule has 1 heterocycles. The monoisotopic (exact) mass is 559 g/mol. The van der Waals surface area contributed by atoms with E-state index in [9.17, 15) is 27.9 Å². The lowest BCUT2D eigenvalue weighted by atomic mass is 10.0. The second-order valence-corrected chi connectivity index (χ2v) is 10.8. The summed E-state index contributed by atoms with van der Waals surface area (Å²) in [7, 11) is 5.23. The first-order valence-corrected chi connectivity index (χ1v) is 13.6. The molecule has 0 saturated carbocycles. The summed E-state index contributed by atoms with van der Waals surface area (Å²) in [6.07, 6.45) is -4.59. The Balaban J connectivity index is 2.38. The van der Waals surface area contributed by atoms with Crippen LogP contribution < -0.4 is 9.64 Å². The number of halogens is 3. The summed E-state index contributed by atoms with van der Waals surface area (Å²) in [4.78, 5) is 31.1. The van der Waals surface area contributed by atoms with Crippen molar-refractivity contribution in [2.75, 3.05) is 52.3 Å². The lowest BCUT2D eigenvalue weighted by Gasteiger charge is -2.36. The average Bonchev–Trinajstić information content (AvgIpc) is 2.87. The van der Waals surface area contributed by atoms with E-state index in [1.807, 2.05) is 38.9 Å². The number of amides is 2. The number of aliphatic hydroxyl groups is 1. The third kappa shape index (κ3) is 10.2. The van der Waals surface area contributed by atoms with Gasteiger partial charge in [-0.15, -0.1) is 0 Å². The Morgan fingerprint density at radius 3 is 2.51 bits per heavy atom. The number of aliphatic hydroxyl groups excluding tert-OH is 1. The minimum absolute atomic E-state index is 0.0915. The first-order chi connectivity index (χ1) is 18.2. The third-order valence-electron chi connectivity index (χ3n) is 7.05. The Kier molecular flexibility index (Phi) is 12.4. The largest absolute Gasteiger partial charge is 0.490 e. The van der Waals surface area contributed by atoms with Crippen molar-refractivity contribution in [2.24, 2.45) is 5.92 Å². The van der Waals surface area contributed by atoms with Gasteiger partial charge in [-0.3, -0.25) is 9.59 Å². The summed E-state index contributed by atoms with van der Waals surface area (Å²) in [5.41, 5.74) is 1.21. The Morgan fingerprint density at radius 2 is 1.90 bits per heavy atom. The van der Waals surface area contributed by atoms with Crippen LogP contribution in [0.25, 0.3) is 0 Å². The molecule has 0 aliphatic carbocycles. The van der Waals surface area contributed by atoms with Gasteiger partial charge in [0.15, 0.2) is 0 Å². The lowest BCUT2D eigenvalue weighted by Crippen LogP contribution is -2.48. The van der Waals surface area contributed by atoms with Gasteiger partial charge in [0.25, 0.3) is 5.91 Å². The second-order valence-electron chi connectivity index (χ2n) is 10.8. The van der Waals surface area contributed by atoms with Crippen LogP contribution in [-0.2, 0) is 9.53 Å². The highest BCUT2D eigenvalue weighted by atomic mass is 19.4. The highest BCUT2D eigenvalue weighted by molar-refractivity contribution is 5.98. The molecule has 222 valence electrons. The number of rotatable bonds is 7. The molecule has 0 radical (unpaired) electrons. The predicted molar refractivity (Wildman–Crippen MR) is 144 cm³/mol. The molecule has 11 heteroatoms. The number of hydrogen-bond acceptors (Lipinski definition) is 6. The van der Waals surface area contributed by atoms with E-state index in [4.69, 9.17) is 9.47 Å². The summed E-state index contributed by atoms with van der Waals surface area (Å²) >= 11 is 0. The molecule has 0 aromatic heterocycles. The molecule has 0 fully saturated rings. The summed E-state index contributed by atoms with van der Waals surface area (Å²) in [5.74, 6) is -0.736. The fourth-order valence-electron chi connectivity index (χ4n) is 4.46. The molecule has 1 aliphatic rings. The topological polar surface area (TPSA) is 82.6 Å². The van der Waals surface area contributed by atoms with Crippen LogP contribution in [0, 0.1) is 5.92 Å². The van der Waals surface area contributed by atoms with Crippen molar-refractivity contribution < 1.29 is 37.3 Å². The molecule has 0 saturated heterocycles. The van der Waals surface area contributed by atoms with Gasteiger partial charge >= 0.3 is 6.18 Å². The van der Waals surface area contributed by atoms with Gasteiger partial charge in [-0.05, 0) is 51.3 Å². The molecular formula is C28H44F3N3O5. The fraction of sp³-hybridized carbons (Fsp3) is 0.714. The average molecular weight is 560 g/mol. The van der Waals surface area contributed by atoms with Gasteiger partial charge in [0, 0.05) is 58.9 Å². The SMILES string of the molecule is C[C@@H]1CCCCO[C@@H](CN(C)C(=O)CCC(F)(F)F)[C@@H](C)CN([C@@H](C)CO)C(=O)c2cc(N(C)C)ccc2O1. The van der Waals surface area contributed by atoms with Crippen LogP contribution in [0.3, 0.4) is 0 Å². The van der Waals surface area contributed by atoms with E-state index in [-0.39, 0.29) is 37.6 Å². The van der Waals surface area contributed by atoms with E-state index in [0.29, 0.717) is 17.9 Å². The number of alkyl halides is 3. The van der Waals surface area contributed by atoms with Gasteiger partial charge in [-0.25, -0.2) is 0 Å². The fourth-order valence-corrected chi connectivity index (χ4v) is 4.46. The normalized spacial score (nSPS) is 22.4. The van der Waals surface area contributed by atoms with Crippen LogP contribution in [0.15, 0.2) is 18.2 Å². The third-order valence-corrected chi connectivity index (χ3v) is 7.05. The highest BCUT2D eigenvalue weighted by Crippen LogP contribution is 2.29. The van der Waals surface area contributed by atoms with Gasteiger partial charge < -0.3 is 29.3 Å². The number of fused-ring (bicyclic) bond motifs is 1. The van der Waals surface area contributed by atoms with Crippen molar-refractivity contribution in [2.45, 2.75) is 77.3 Å². The molecule has 1 N–H and O–H groups in total. The molecule has 39 heavy (non-hydrogen) atoms. The number of likely N-dealkylation sites (N-methyl/N-ethyl adjacent to an activating group) is 1. The minimum Gasteiger partial charge on any atom is -0.490 e. The van der Waals surface area contributed by atoms with Crippen molar-refractivity contribution in [3.8, 4) is 5.75 Å². The first kappa shape index (κ1) is 32.7. The Labute approximate surface area is 230 Å². The number of hydrogen-bond donors (Lipinski definition) is 1. The standard InChI is InChI=1S/C28H44F3N3O5/c1-19-16-34(20(2)18-35)27(37)23-15-22(32(4)5)10-11-24(23)39-21(3)9-7-8-14-38-25(19)17-33(6)26(36)12-13-28(29,30)31/h10-11,15,19-21,25,35H,7-9,12-14,16-18H2,1-6H3/t19-,20-,21+,25-/m0/s1. The van der Waals surface area contributed by atoms with E-state index < -0.39 is 37.1 Å². The van der Waals surface area contributed by atoms with Crippen molar-refractivity contribution >= 4 is 17.5 Å². The molecule has 1 aromatic rings. The molecule has 1 aliphatic heterocycles. The summed E-state index contributed by atoms with van der Waals surface area (Å²) in [6, 6.07) is 4.94. The molecule has 4 atom stereocenters. The quantitative estimate of drug-likeness (QED) is 0.535. The Bertz CT molecular complexity index is 944. The lowest BCUT2D eigenvalue weighted by molar-refractivity contribution is -0.149. The van der Waals surface area contributed by atoms with Crippen molar-refractivity contribution in [3.63, 3.8) is 0 Å². The number of ether oxygens (including phenoxy) is 2. The van der Waals surface area contributed by atoms with Crippen molar-refractivity contribution in [3.05, 3.63) is 23.8 Å². The molecule has 0 bridgehead atoms. The van der Waals surface area contributed by atoms with Gasteiger partial charge in [-0.1, -0.05) is 6.92 Å². The number of benzene rings is 1. The maximum Gasteiger partial charge on any atom is 0.389 e. The van der Waals surface area contributed by atoms with Crippen LogP contribution in [0.5, 0.6) is 5.75 Å². The molecule has 0 spiro atoms. The van der Waals surface area contributed by atoms with Crippen LogP contribution in [0.1, 0.15) is 63.2 Å². The van der Waals surface area contributed by atoms with E-state index in [1.165, 1.54) is 11.9 Å². The molecule has 8 nitrogen and oxygen atoms in total. The molecule has 2 rings (SSSR count). The van der Waals surface area contributed by atoms with Crippen LogP contribution in [0.2, 0.25) is 0 Å². The predicted octanol–water partition coefficient (Wildman–Crippen LogP) is 4.35. The van der Waals surface area contributed by atoms with E-state index in [0.717, 1.165) is 24.9 Å². The Morgan fingerprint density at radius 1 is 1.21 bits per heavy atom. The van der Waals surface area contributed by atoms with Crippen molar-refractivity contribution in [1.82, 2.24) is 9.80 Å². The van der Waals surface area contributed by atoms with E-state index in [1.54, 1.807) is 24.0 Å². The zero-order valence-corrected chi connectivity index (χ0v) is 24.0. The van der Waals surface area contributed by atoms with Crippen molar-refractivity contribution in [1.29, 1.82) is 0 Å². The Hall–Kier alpha value is -2.53. The number of nitrogens with zero attached hydrogens (tertiary/aromatic N) is 3. The molecule has 2 amide bonds. The number of carbonyl (C=O) groups is 2. The molecule has 1 aromatic carbocycles. The summed E-state index contributed by atoms with van der Waals surface area (Å²) in [6.45, 7) is 6.00. The van der Waals surface area contributed by atoms with Gasteiger partial charge in [0.1, 0.15) is 5.75 Å². The van der Waals surface area contributed by atoms with Crippen LogP contribution >= 0.6 is 0 Å².